The lowest BCUT2D eigenvalue weighted by molar-refractivity contribution is 0.0996. The Balaban J connectivity index is 1.44. The molecule has 0 aliphatic carbocycles. The Labute approximate surface area is 228 Å². The molecule has 1 aliphatic heterocycles. The number of nitrogens with zero attached hydrogens (tertiary/aromatic N) is 1. The van der Waals surface area contributed by atoms with Gasteiger partial charge in [-0.3, -0.25) is 9.69 Å². The number of likely N-dealkylation sites (tertiary alicyclic amines) is 1. The zero-order valence-corrected chi connectivity index (χ0v) is 23.3. The number of hydrogen-bond acceptors (Lipinski definition) is 5. The molecule has 1 amide bonds. The second-order valence-corrected chi connectivity index (χ2v) is 11.9. The minimum atomic E-state index is -0.203. The standard InChI is InChI=1S/C31H34N2O2S2/c1-21-22(2)37-31(32-30(34)27-10-7-19-35-27)28(21)29(25-11-13-26(36-3)14-12-25)33-17-15-24(16-18-33)20-23-8-5-4-6-9-23/h4-14,19,24,29H,15-18,20H2,1-3H3,(H,32,34)/t29-/m1/s1. The molecule has 1 saturated heterocycles. The average Bonchev–Trinajstić information content (AvgIpc) is 3.56. The summed E-state index contributed by atoms with van der Waals surface area (Å²) in [5.41, 5.74) is 5.16. The smallest absolute Gasteiger partial charge is 0.291 e. The molecule has 4 nitrogen and oxygen atoms in total. The van der Waals surface area contributed by atoms with Gasteiger partial charge in [-0.25, -0.2) is 0 Å². The zero-order chi connectivity index (χ0) is 25.8. The molecule has 2 aromatic heterocycles. The number of piperidine rings is 1. The molecule has 1 fully saturated rings. The largest absolute Gasteiger partial charge is 0.459 e. The maximum absolute atomic E-state index is 13.0. The first-order valence-corrected chi connectivity index (χ1v) is 14.9. The molecular weight excluding hydrogens is 496 g/mol. The van der Waals surface area contributed by atoms with E-state index in [1.807, 2.05) is 0 Å². The van der Waals surface area contributed by atoms with Gasteiger partial charge in [-0.1, -0.05) is 42.5 Å². The van der Waals surface area contributed by atoms with E-state index in [0.717, 1.165) is 24.5 Å². The summed E-state index contributed by atoms with van der Waals surface area (Å²) in [5.74, 6) is 0.824. The molecule has 1 N–H and O–H groups in total. The highest BCUT2D eigenvalue weighted by Gasteiger charge is 2.32. The molecule has 1 aliphatic rings. The molecule has 6 heteroatoms. The molecule has 0 radical (unpaired) electrons. The quantitative estimate of drug-likeness (QED) is 0.235. The van der Waals surface area contributed by atoms with E-state index in [-0.39, 0.29) is 11.9 Å². The van der Waals surface area contributed by atoms with Crippen LogP contribution in [0.25, 0.3) is 0 Å². The number of benzene rings is 2. The number of hydrogen-bond donors (Lipinski definition) is 1. The molecule has 0 unspecified atom stereocenters. The zero-order valence-electron chi connectivity index (χ0n) is 21.7. The van der Waals surface area contributed by atoms with Gasteiger partial charge in [0.1, 0.15) is 5.00 Å². The highest BCUT2D eigenvalue weighted by Crippen LogP contribution is 2.44. The van der Waals surface area contributed by atoms with Crippen molar-refractivity contribution in [2.45, 2.75) is 44.0 Å². The predicted molar refractivity (Wildman–Crippen MR) is 155 cm³/mol. The number of thiophene rings is 1. The molecule has 1 atom stereocenters. The molecule has 37 heavy (non-hydrogen) atoms. The summed E-state index contributed by atoms with van der Waals surface area (Å²) in [5, 5.41) is 4.10. The molecule has 0 spiro atoms. The number of anilines is 1. The van der Waals surface area contributed by atoms with Crippen LogP contribution in [-0.2, 0) is 6.42 Å². The minimum absolute atomic E-state index is 0.0884. The third kappa shape index (κ3) is 5.87. The molecule has 2 aromatic carbocycles. The van der Waals surface area contributed by atoms with E-state index < -0.39 is 0 Å². The van der Waals surface area contributed by atoms with E-state index in [1.165, 1.54) is 51.1 Å². The highest BCUT2D eigenvalue weighted by molar-refractivity contribution is 7.98. The minimum Gasteiger partial charge on any atom is -0.459 e. The lowest BCUT2D eigenvalue weighted by Crippen LogP contribution is -2.38. The van der Waals surface area contributed by atoms with Crippen LogP contribution in [0.5, 0.6) is 0 Å². The van der Waals surface area contributed by atoms with Crippen molar-refractivity contribution in [1.29, 1.82) is 0 Å². The highest BCUT2D eigenvalue weighted by atomic mass is 32.2. The van der Waals surface area contributed by atoms with Crippen molar-refractivity contribution < 1.29 is 9.21 Å². The van der Waals surface area contributed by atoms with Crippen LogP contribution in [0.1, 0.15) is 56.6 Å². The summed E-state index contributed by atoms with van der Waals surface area (Å²) >= 11 is 3.42. The normalized spacial score (nSPS) is 15.5. The second-order valence-electron chi connectivity index (χ2n) is 9.80. The fourth-order valence-corrected chi connectivity index (χ4v) is 6.84. The van der Waals surface area contributed by atoms with Crippen LogP contribution >= 0.6 is 23.1 Å². The Bertz CT molecular complexity index is 1310. The Hall–Kier alpha value is -2.80. The first kappa shape index (κ1) is 25.8. The van der Waals surface area contributed by atoms with Gasteiger partial charge in [-0.2, -0.15) is 0 Å². The van der Waals surface area contributed by atoms with Gasteiger partial charge >= 0.3 is 0 Å². The summed E-state index contributed by atoms with van der Waals surface area (Å²) in [6, 6.07) is 23.3. The molecule has 4 aromatic rings. The van der Waals surface area contributed by atoms with Crippen LogP contribution in [0.4, 0.5) is 5.00 Å². The number of carbonyl (C=O) groups excluding carboxylic acids is 1. The van der Waals surface area contributed by atoms with Crippen molar-refractivity contribution in [2.75, 3.05) is 24.7 Å². The second kappa shape index (κ2) is 11.7. The number of nitrogens with one attached hydrogen (secondary N) is 1. The first-order chi connectivity index (χ1) is 18.0. The molecule has 192 valence electrons. The molecular formula is C31H34N2O2S2. The third-order valence-electron chi connectivity index (χ3n) is 7.49. The number of thioether (sulfide) groups is 1. The molecule has 3 heterocycles. The van der Waals surface area contributed by atoms with E-state index >= 15 is 0 Å². The maximum atomic E-state index is 13.0. The van der Waals surface area contributed by atoms with Gasteiger partial charge in [0, 0.05) is 15.3 Å². The van der Waals surface area contributed by atoms with Crippen molar-refractivity contribution in [3.63, 3.8) is 0 Å². The van der Waals surface area contributed by atoms with Gasteiger partial charge in [-0.05, 0) is 99.3 Å². The van der Waals surface area contributed by atoms with Crippen molar-refractivity contribution in [1.82, 2.24) is 4.90 Å². The van der Waals surface area contributed by atoms with E-state index in [0.29, 0.717) is 11.7 Å². The average molecular weight is 531 g/mol. The lowest BCUT2D eigenvalue weighted by Gasteiger charge is -2.38. The van der Waals surface area contributed by atoms with Crippen molar-refractivity contribution in [3.8, 4) is 0 Å². The number of carbonyl (C=O) groups is 1. The predicted octanol–water partition coefficient (Wildman–Crippen LogP) is 7.98. The Morgan fingerprint density at radius 2 is 1.78 bits per heavy atom. The topological polar surface area (TPSA) is 45.5 Å². The summed E-state index contributed by atoms with van der Waals surface area (Å²) in [6.45, 7) is 6.40. The summed E-state index contributed by atoms with van der Waals surface area (Å²) < 4.78 is 5.37. The van der Waals surface area contributed by atoms with Gasteiger partial charge in [0.25, 0.3) is 5.91 Å². The third-order valence-corrected chi connectivity index (χ3v) is 9.37. The molecule has 0 saturated carbocycles. The molecule has 5 rings (SSSR count). The number of rotatable bonds is 8. The summed E-state index contributed by atoms with van der Waals surface area (Å²) in [4.78, 5) is 18.1. The summed E-state index contributed by atoms with van der Waals surface area (Å²) in [6.07, 6.45) is 7.13. The fraction of sp³-hybridized carbons (Fsp3) is 0.323. The maximum Gasteiger partial charge on any atom is 0.291 e. The van der Waals surface area contributed by atoms with Crippen molar-refractivity contribution in [3.05, 3.63) is 106 Å². The monoisotopic (exact) mass is 530 g/mol. The van der Waals surface area contributed by atoms with Gasteiger partial charge < -0.3 is 9.73 Å². The van der Waals surface area contributed by atoms with Crippen LogP contribution in [0.2, 0.25) is 0 Å². The molecule has 0 bridgehead atoms. The first-order valence-electron chi connectivity index (χ1n) is 12.9. The Morgan fingerprint density at radius 1 is 1.05 bits per heavy atom. The van der Waals surface area contributed by atoms with Gasteiger partial charge in [0.05, 0.1) is 12.3 Å². The number of amides is 1. The van der Waals surface area contributed by atoms with Gasteiger partial charge in [-0.15, -0.1) is 23.1 Å². The van der Waals surface area contributed by atoms with Gasteiger partial charge in [0.15, 0.2) is 5.76 Å². The Kier molecular flexibility index (Phi) is 8.18. The fourth-order valence-electron chi connectivity index (χ4n) is 5.35. The van der Waals surface area contributed by atoms with Crippen LogP contribution in [0.15, 0.2) is 82.3 Å². The van der Waals surface area contributed by atoms with Crippen LogP contribution < -0.4 is 5.32 Å². The van der Waals surface area contributed by atoms with E-state index in [2.05, 4.69) is 84.9 Å². The van der Waals surface area contributed by atoms with Gasteiger partial charge in [0.2, 0.25) is 0 Å². The van der Waals surface area contributed by atoms with Crippen LogP contribution in [0, 0.1) is 19.8 Å². The SMILES string of the molecule is CSc1ccc([C@H](c2c(NC(=O)c3ccco3)sc(C)c2C)N2CCC(Cc3ccccc3)CC2)cc1. The number of furan rings is 1. The van der Waals surface area contributed by atoms with Crippen molar-refractivity contribution in [2.24, 2.45) is 5.92 Å². The van der Waals surface area contributed by atoms with Crippen molar-refractivity contribution >= 4 is 34.0 Å². The lowest BCUT2D eigenvalue weighted by atomic mass is 9.87. The van der Waals surface area contributed by atoms with E-state index in [4.69, 9.17) is 4.42 Å². The van der Waals surface area contributed by atoms with Crippen LogP contribution in [0.3, 0.4) is 0 Å². The van der Waals surface area contributed by atoms with Crippen LogP contribution in [-0.4, -0.2) is 30.2 Å². The number of aryl methyl sites for hydroxylation is 1. The summed E-state index contributed by atoms with van der Waals surface area (Å²) in [7, 11) is 0. The van der Waals surface area contributed by atoms with E-state index in [1.54, 1.807) is 35.2 Å². The Morgan fingerprint density at radius 3 is 2.43 bits per heavy atom. The van der Waals surface area contributed by atoms with E-state index in [9.17, 15) is 4.79 Å².